The molecule has 1 heterocycles. The quantitative estimate of drug-likeness (QED) is 0.604. The molecule has 3 heteroatoms. The lowest BCUT2D eigenvalue weighted by atomic mass is 9.94. The van der Waals surface area contributed by atoms with Crippen LogP contribution in [0.25, 0.3) is 0 Å². The summed E-state index contributed by atoms with van der Waals surface area (Å²) in [5.74, 6) is 0.482. The van der Waals surface area contributed by atoms with E-state index in [4.69, 9.17) is 11.6 Å². The van der Waals surface area contributed by atoms with Crippen molar-refractivity contribution in [1.29, 1.82) is 0 Å². The molecule has 0 radical (unpaired) electrons. The standard InChI is InChI=1S/C17H16BrClS/c18-11-13(15-6-2-3-7-16(15)19)10-14-9-12-5-1-4-8-17(12)20-14/h1-8,13-14H,9-11H2. The largest absolute Gasteiger partial charge is 0.122 e. The molecule has 104 valence electrons. The Labute approximate surface area is 138 Å². The summed E-state index contributed by atoms with van der Waals surface area (Å²) in [4.78, 5) is 1.45. The molecule has 0 bridgehead atoms. The van der Waals surface area contributed by atoms with Crippen molar-refractivity contribution < 1.29 is 0 Å². The summed E-state index contributed by atoms with van der Waals surface area (Å²) in [5.41, 5.74) is 2.76. The van der Waals surface area contributed by atoms with E-state index in [1.165, 1.54) is 22.4 Å². The molecule has 0 spiro atoms. The number of halogens is 2. The molecule has 0 nitrogen and oxygen atoms in total. The fourth-order valence-electron chi connectivity index (χ4n) is 2.78. The molecule has 0 aromatic heterocycles. The van der Waals surface area contributed by atoms with Crippen molar-refractivity contribution in [2.45, 2.75) is 28.9 Å². The molecule has 0 saturated heterocycles. The van der Waals surface area contributed by atoms with Crippen LogP contribution < -0.4 is 0 Å². The highest BCUT2D eigenvalue weighted by molar-refractivity contribution is 9.09. The third-order valence-corrected chi connectivity index (χ3v) is 6.26. The Kier molecular flexibility index (Phi) is 4.75. The van der Waals surface area contributed by atoms with Gasteiger partial charge in [-0.05, 0) is 42.0 Å². The number of alkyl halides is 1. The second-order valence-electron chi connectivity index (χ2n) is 5.16. The average Bonchev–Trinajstić information content (AvgIpc) is 2.88. The smallest absolute Gasteiger partial charge is 0.0441 e. The van der Waals surface area contributed by atoms with Crippen molar-refractivity contribution in [3.05, 3.63) is 64.7 Å². The van der Waals surface area contributed by atoms with Gasteiger partial charge in [-0.2, -0.15) is 0 Å². The average molecular weight is 368 g/mol. The molecule has 1 aliphatic heterocycles. The lowest BCUT2D eigenvalue weighted by molar-refractivity contribution is 0.663. The molecule has 0 fully saturated rings. The number of rotatable bonds is 4. The molecule has 0 saturated carbocycles. The first-order valence-electron chi connectivity index (χ1n) is 6.83. The lowest BCUT2D eigenvalue weighted by Crippen LogP contribution is -2.10. The van der Waals surface area contributed by atoms with Crippen molar-refractivity contribution in [1.82, 2.24) is 0 Å². The Bertz CT molecular complexity index is 574. The van der Waals surface area contributed by atoms with E-state index in [0.717, 1.165) is 16.8 Å². The van der Waals surface area contributed by atoms with Gasteiger partial charge >= 0.3 is 0 Å². The monoisotopic (exact) mass is 366 g/mol. The minimum atomic E-state index is 0.482. The number of thioether (sulfide) groups is 1. The van der Waals surface area contributed by atoms with E-state index < -0.39 is 0 Å². The highest BCUT2D eigenvalue weighted by Crippen LogP contribution is 2.42. The van der Waals surface area contributed by atoms with Crippen molar-refractivity contribution in [3.8, 4) is 0 Å². The number of hydrogen-bond donors (Lipinski definition) is 0. The Hall–Kier alpha value is -0.440. The van der Waals surface area contributed by atoms with Gasteiger partial charge in [0, 0.05) is 20.5 Å². The summed E-state index contributed by atoms with van der Waals surface area (Å²) in [6.45, 7) is 0. The molecule has 2 aromatic carbocycles. The molecule has 2 aromatic rings. The second kappa shape index (κ2) is 6.55. The van der Waals surface area contributed by atoms with Gasteiger partial charge < -0.3 is 0 Å². The van der Waals surface area contributed by atoms with Gasteiger partial charge in [-0.15, -0.1) is 11.8 Å². The molecule has 3 rings (SSSR count). The van der Waals surface area contributed by atoms with Crippen LogP contribution in [0.2, 0.25) is 5.02 Å². The van der Waals surface area contributed by atoms with Crippen LogP contribution in [0, 0.1) is 0 Å². The van der Waals surface area contributed by atoms with Crippen molar-refractivity contribution >= 4 is 39.3 Å². The first kappa shape index (κ1) is 14.5. The summed E-state index contributed by atoms with van der Waals surface area (Å²) in [6, 6.07) is 17.0. The highest BCUT2D eigenvalue weighted by atomic mass is 79.9. The summed E-state index contributed by atoms with van der Waals surface area (Å²) < 4.78 is 0. The second-order valence-corrected chi connectivity index (χ2v) is 7.56. The first-order valence-corrected chi connectivity index (χ1v) is 9.21. The van der Waals surface area contributed by atoms with Gasteiger partial charge in [0.2, 0.25) is 0 Å². The van der Waals surface area contributed by atoms with E-state index >= 15 is 0 Å². The van der Waals surface area contributed by atoms with Crippen LogP contribution in [0.15, 0.2) is 53.4 Å². The highest BCUT2D eigenvalue weighted by Gasteiger charge is 2.25. The Morgan fingerprint density at radius 3 is 2.65 bits per heavy atom. The molecule has 0 N–H and O–H groups in total. The zero-order valence-corrected chi connectivity index (χ0v) is 14.2. The zero-order valence-electron chi connectivity index (χ0n) is 11.1. The van der Waals surface area contributed by atoms with Crippen molar-refractivity contribution in [3.63, 3.8) is 0 Å². The molecule has 2 atom stereocenters. The number of hydrogen-bond acceptors (Lipinski definition) is 1. The van der Waals surface area contributed by atoms with Crippen LogP contribution in [-0.4, -0.2) is 10.6 Å². The SMILES string of the molecule is Clc1ccccc1C(CBr)CC1Cc2ccccc2S1. The lowest BCUT2D eigenvalue weighted by Gasteiger charge is -2.19. The molecule has 2 unspecified atom stereocenters. The van der Waals surface area contributed by atoms with Gasteiger partial charge in [0.25, 0.3) is 0 Å². The fourth-order valence-corrected chi connectivity index (χ4v) is 5.10. The van der Waals surface area contributed by atoms with Gasteiger partial charge in [0.15, 0.2) is 0 Å². The third-order valence-electron chi connectivity index (χ3n) is 3.79. The van der Waals surface area contributed by atoms with E-state index in [0.29, 0.717) is 11.2 Å². The third kappa shape index (κ3) is 3.08. The fraction of sp³-hybridized carbons (Fsp3) is 0.294. The number of fused-ring (bicyclic) bond motifs is 1. The molecular weight excluding hydrogens is 352 g/mol. The van der Waals surface area contributed by atoms with E-state index in [9.17, 15) is 0 Å². The minimum absolute atomic E-state index is 0.482. The molecule has 0 amide bonds. The van der Waals surface area contributed by atoms with Crippen LogP contribution in [0.5, 0.6) is 0 Å². The van der Waals surface area contributed by atoms with E-state index in [1.54, 1.807) is 0 Å². The van der Waals surface area contributed by atoms with Gasteiger partial charge in [-0.3, -0.25) is 0 Å². The predicted octanol–water partition coefficient (Wildman–Crippen LogP) is 5.93. The van der Waals surface area contributed by atoms with E-state index in [1.807, 2.05) is 23.9 Å². The van der Waals surface area contributed by atoms with Crippen LogP contribution in [0.4, 0.5) is 0 Å². The Morgan fingerprint density at radius 1 is 1.15 bits per heavy atom. The minimum Gasteiger partial charge on any atom is -0.122 e. The predicted molar refractivity (Wildman–Crippen MR) is 92.4 cm³/mol. The van der Waals surface area contributed by atoms with Gasteiger partial charge in [0.05, 0.1) is 0 Å². The molecular formula is C17H16BrClS. The molecule has 20 heavy (non-hydrogen) atoms. The normalized spacial score (nSPS) is 18.8. The van der Waals surface area contributed by atoms with Gasteiger partial charge in [-0.25, -0.2) is 0 Å². The summed E-state index contributed by atoms with van der Waals surface area (Å²) in [5, 5.41) is 2.51. The number of benzene rings is 2. The van der Waals surface area contributed by atoms with E-state index in [-0.39, 0.29) is 0 Å². The zero-order chi connectivity index (χ0) is 13.9. The van der Waals surface area contributed by atoms with Crippen LogP contribution in [0.1, 0.15) is 23.5 Å². The van der Waals surface area contributed by atoms with Crippen molar-refractivity contribution in [2.75, 3.05) is 5.33 Å². The summed E-state index contributed by atoms with van der Waals surface area (Å²) in [7, 11) is 0. The molecule has 1 aliphatic rings. The van der Waals surface area contributed by atoms with E-state index in [2.05, 4.69) is 52.3 Å². The Balaban J connectivity index is 1.73. The maximum Gasteiger partial charge on any atom is 0.0441 e. The van der Waals surface area contributed by atoms with Crippen molar-refractivity contribution in [2.24, 2.45) is 0 Å². The topological polar surface area (TPSA) is 0 Å². The first-order chi connectivity index (χ1) is 9.78. The summed E-state index contributed by atoms with van der Waals surface area (Å²) >= 11 is 12.0. The van der Waals surface area contributed by atoms with Crippen LogP contribution >= 0.6 is 39.3 Å². The van der Waals surface area contributed by atoms with Crippen LogP contribution in [0.3, 0.4) is 0 Å². The van der Waals surface area contributed by atoms with Crippen LogP contribution in [-0.2, 0) is 6.42 Å². The van der Waals surface area contributed by atoms with Gasteiger partial charge in [-0.1, -0.05) is 63.9 Å². The Morgan fingerprint density at radius 2 is 1.90 bits per heavy atom. The van der Waals surface area contributed by atoms with Gasteiger partial charge in [0.1, 0.15) is 0 Å². The maximum absolute atomic E-state index is 6.34. The summed E-state index contributed by atoms with van der Waals surface area (Å²) in [6.07, 6.45) is 2.34. The maximum atomic E-state index is 6.34. The molecule has 0 aliphatic carbocycles.